The van der Waals surface area contributed by atoms with Crippen LogP contribution in [0, 0.1) is 17.7 Å². The summed E-state index contributed by atoms with van der Waals surface area (Å²) in [6.07, 6.45) is 1.75. The highest BCUT2D eigenvalue weighted by atomic mass is 19.1. The van der Waals surface area contributed by atoms with E-state index in [9.17, 15) is 14.3 Å². The Morgan fingerprint density at radius 2 is 2.03 bits per heavy atom. The predicted molar refractivity (Wildman–Crippen MR) is 110 cm³/mol. The van der Waals surface area contributed by atoms with Crippen LogP contribution in [0.15, 0.2) is 48.5 Å². The number of halogens is 1. The third kappa shape index (κ3) is 4.48. The minimum Gasteiger partial charge on any atom is -0.481 e. The van der Waals surface area contributed by atoms with Crippen LogP contribution in [0.4, 0.5) is 4.39 Å². The van der Waals surface area contributed by atoms with Gasteiger partial charge < -0.3 is 9.67 Å². The maximum atomic E-state index is 13.5. The average Bonchev–Trinajstić information content (AvgIpc) is 2.99. The molecule has 0 aliphatic carbocycles. The number of carbonyl (C=O) groups is 1. The van der Waals surface area contributed by atoms with E-state index in [4.69, 9.17) is 4.98 Å². The van der Waals surface area contributed by atoms with Crippen LogP contribution >= 0.6 is 0 Å². The van der Waals surface area contributed by atoms with Crippen LogP contribution in [-0.2, 0) is 24.8 Å². The summed E-state index contributed by atoms with van der Waals surface area (Å²) in [6, 6.07) is 14.7. The van der Waals surface area contributed by atoms with Gasteiger partial charge in [-0.1, -0.05) is 24.3 Å². The highest BCUT2D eigenvalue weighted by Gasteiger charge is 2.32. The molecule has 1 fully saturated rings. The molecular formula is C23H26FN3O2. The van der Waals surface area contributed by atoms with Crippen LogP contribution in [0.2, 0.25) is 0 Å². The maximum absolute atomic E-state index is 13.5. The Morgan fingerprint density at radius 3 is 2.79 bits per heavy atom. The van der Waals surface area contributed by atoms with Gasteiger partial charge in [-0.15, -0.1) is 0 Å². The number of carboxylic acids is 1. The molecule has 152 valence electrons. The van der Waals surface area contributed by atoms with Gasteiger partial charge >= 0.3 is 5.97 Å². The Hall–Kier alpha value is -2.73. The molecular weight excluding hydrogens is 369 g/mol. The first-order chi connectivity index (χ1) is 14.0. The molecule has 0 saturated carbocycles. The fraction of sp³-hybridized carbons (Fsp3) is 0.391. The molecule has 0 bridgehead atoms. The number of nitrogens with zero attached hydrogens (tertiary/aromatic N) is 3. The van der Waals surface area contributed by atoms with Gasteiger partial charge in [-0.3, -0.25) is 9.69 Å². The van der Waals surface area contributed by atoms with Gasteiger partial charge in [0.15, 0.2) is 0 Å². The topological polar surface area (TPSA) is 58.4 Å². The van der Waals surface area contributed by atoms with E-state index in [-0.39, 0.29) is 24.1 Å². The maximum Gasteiger partial charge on any atom is 0.303 e. The molecule has 0 amide bonds. The van der Waals surface area contributed by atoms with Crippen molar-refractivity contribution in [1.29, 1.82) is 0 Å². The standard InChI is InChI=1S/C23H26FN3O2/c1-26-21-8-3-2-7-20(21)25-22(26)12-18-15-27(10-9-17(18)13-23(28)29)14-16-5-4-6-19(24)11-16/h2-8,11,17-18H,9-10,12-15H2,1H3,(H,28,29)/t17-,18-/m0/s1. The van der Waals surface area contributed by atoms with Crippen LogP contribution in [-0.4, -0.2) is 38.6 Å². The lowest BCUT2D eigenvalue weighted by Crippen LogP contribution is -2.42. The second-order valence-electron chi connectivity index (χ2n) is 8.05. The number of rotatable bonds is 6. The molecule has 1 aliphatic heterocycles. The van der Waals surface area contributed by atoms with Crippen LogP contribution in [0.5, 0.6) is 0 Å². The Balaban J connectivity index is 1.54. The normalized spacial score (nSPS) is 20.2. The summed E-state index contributed by atoms with van der Waals surface area (Å²) < 4.78 is 15.7. The second-order valence-corrected chi connectivity index (χ2v) is 8.05. The van der Waals surface area contributed by atoms with Crippen molar-refractivity contribution in [2.45, 2.75) is 25.8 Å². The molecule has 1 aromatic heterocycles. The molecule has 2 atom stereocenters. The fourth-order valence-electron chi connectivity index (χ4n) is 4.53. The van der Waals surface area contributed by atoms with Crippen LogP contribution in [0.25, 0.3) is 11.0 Å². The van der Waals surface area contributed by atoms with Gasteiger partial charge in [-0.05, 0) is 54.6 Å². The lowest BCUT2D eigenvalue weighted by molar-refractivity contribution is -0.139. The van der Waals surface area contributed by atoms with Gasteiger partial charge in [-0.25, -0.2) is 9.37 Å². The van der Waals surface area contributed by atoms with Crippen LogP contribution < -0.4 is 0 Å². The van der Waals surface area contributed by atoms with Gasteiger partial charge in [0.05, 0.1) is 11.0 Å². The Morgan fingerprint density at radius 1 is 1.21 bits per heavy atom. The van der Waals surface area contributed by atoms with E-state index in [1.54, 1.807) is 12.1 Å². The SMILES string of the molecule is Cn1c(C[C@H]2CN(Cc3cccc(F)c3)CC[C@H]2CC(=O)O)nc2ccccc21. The molecule has 4 rings (SSSR count). The van der Waals surface area contributed by atoms with Crippen LogP contribution in [0.3, 0.4) is 0 Å². The summed E-state index contributed by atoms with van der Waals surface area (Å²) in [5.41, 5.74) is 3.00. The molecule has 1 saturated heterocycles. The third-order valence-corrected chi connectivity index (χ3v) is 6.03. The number of hydrogen-bond acceptors (Lipinski definition) is 3. The zero-order valence-electron chi connectivity index (χ0n) is 16.6. The predicted octanol–water partition coefficient (Wildman–Crippen LogP) is 3.87. The van der Waals surface area contributed by atoms with E-state index in [0.717, 1.165) is 48.4 Å². The van der Waals surface area contributed by atoms with Gasteiger partial charge in [0, 0.05) is 33.0 Å². The third-order valence-electron chi connectivity index (χ3n) is 6.03. The van der Waals surface area contributed by atoms with Gasteiger partial charge in [-0.2, -0.15) is 0 Å². The number of aromatic nitrogens is 2. The number of imidazole rings is 1. The second kappa shape index (κ2) is 8.33. The summed E-state index contributed by atoms with van der Waals surface area (Å²) >= 11 is 0. The van der Waals surface area contributed by atoms with Gasteiger partial charge in [0.2, 0.25) is 0 Å². The number of carboxylic acid groups (broad SMARTS) is 1. The van der Waals surface area contributed by atoms with Crippen molar-refractivity contribution in [2.24, 2.45) is 18.9 Å². The molecule has 1 N–H and O–H groups in total. The summed E-state index contributed by atoms with van der Waals surface area (Å²) in [5.74, 6) is 0.335. The van der Waals surface area contributed by atoms with Crippen molar-refractivity contribution >= 4 is 17.0 Å². The molecule has 29 heavy (non-hydrogen) atoms. The van der Waals surface area contributed by atoms with E-state index in [2.05, 4.69) is 15.5 Å². The number of piperidine rings is 1. The Bertz CT molecular complexity index is 1020. The van der Waals surface area contributed by atoms with Gasteiger partial charge in [0.1, 0.15) is 11.6 Å². The lowest BCUT2D eigenvalue weighted by atomic mass is 9.81. The first kappa shape index (κ1) is 19.6. The number of aryl methyl sites for hydroxylation is 1. The molecule has 2 heterocycles. The molecule has 5 nitrogen and oxygen atoms in total. The minimum absolute atomic E-state index is 0.121. The van der Waals surface area contributed by atoms with Crippen molar-refractivity contribution in [2.75, 3.05) is 13.1 Å². The van der Waals surface area contributed by atoms with Crippen molar-refractivity contribution < 1.29 is 14.3 Å². The molecule has 6 heteroatoms. The highest BCUT2D eigenvalue weighted by Crippen LogP contribution is 2.31. The quantitative estimate of drug-likeness (QED) is 0.688. The molecule has 3 aromatic rings. The van der Waals surface area contributed by atoms with Crippen molar-refractivity contribution in [3.8, 4) is 0 Å². The van der Waals surface area contributed by atoms with E-state index >= 15 is 0 Å². The number of benzene rings is 2. The molecule has 2 aromatic carbocycles. The fourth-order valence-corrected chi connectivity index (χ4v) is 4.53. The lowest BCUT2D eigenvalue weighted by Gasteiger charge is -2.38. The van der Waals surface area contributed by atoms with E-state index in [0.29, 0.717) is 6.54 Å². The van der Waals surface area contributed by atoms with E-state index in [1.165, 1.54) is 6.07 Å². The molecule has 0 spiro atoms. The summed E-state index contributed by atoms with van der Waals surface area (Å²) in [7, 11) is 2.02. The van der Waals surface area contributed by atoms with Crippen molar-refractivity contribution in [1.82, 2.24) is 14.5 Å². The monoisotopic (exact) mass is 395 g/mol. The average molecular weight is 395 g/mol. The zero-order chi connectivity index (χ0) is 20.4. The number of aliphatic carboxylic acids is 1. The number of fused-ring (bicyclic) bond motifs is 1. The van der Waals surface area contributed by atoms with Crippen molar-refractivity contribution in [3.63, 3.8) is 0 Å². The Kier molecular flexibility index (Phi) is 5.62. The highest BCUT2D eigenvalue weighted by molar-refractivity contribution is 5.75. The summed E-state index contributed by atoms with van der Waals surface area (Å²) in [4.78, 5) is 18.5. The molecule has 1 aliphatic rings. The van der Waals surface area contributed by atoms with Crippen molar-refractivity contribution in [3.05, 3.63) is 65.7 Å². The largest absolute Gasteiger partial charge is 0.481 e. The van der Waals surface area contributed by atoms with E-state index in [1.807, 2.05) is 31.3 Å². The molecule has 0 unspecified atom stereocenters. The first-order valence-electron chi connectivity index (χ1n) is 10.1. The van der Waals surface area contributed by atoms with Gasteiger partial charge in [0.25, 0.3) is 0 Å². The van der Waals surface area contributed by atoms with Crippen LogP contribution in [0.1, 0.15) is 24.2 Å². The summed E-state index contributed by atoms with van der Waals surface area (Å²) in [5, 5.41) is 9.37. The number of hydrogen-bond donors (Lipinski definition) is 1. The zero-order valence-corrected chi connectivity index (χ0v) is 16.6. The molecule has 0 radical (unpaired) electrons. The Labute approximate surface area is 169 Å². The smallest absolute Gasteiger partial charge is 0.303 e. The summed E-state index contributed by atoms with van der Waals surface area (Å²) in [6.45, 7) is 2.29. The van der Waals surface area contributed by atoms with E-state index < -0.39 is 5.97 Å². The number of para-hydroxylation sites is 2. The number of likely N-dealkylation sites (tertiary alicyclic amines) is 1. The minimum atomic E-state index is -0.747. The first-order valence-corrected chi connectivity index (χ1v) is 10.1.